The van der Waals surface area contributed by atoms with Crippen LogP contribution in [0.15, 0.2) is 48.5 Å². The minimum atomic E-state index is -0.0736. The molecule has 4 heteroatoms. The van der Waals surface area contributed by atoms with Crippen LogP contribution in [-0.2, 0) is 5.88 Å². The molecular formula is C17H17ClNO2. The van der Waals surface area contributed by atoms with E-state index < -0.39 is 0 Å². The van der Waals surface area contributed by atoms with Crippen LogP contribution in [0, 0.1) is 6.07 Å². The fraction of sp³-hybridized carbons (Fsp3) is 0.235. The summed E-state index contributed by atoms with van der Waals surface area (Å²) >= 11 is 5.72. The molecule has 0 bridgehead atoms. The molecular weight excluding hydrogens is 286 g/mol. The molecule has 0 saturated heterocycles. The lowest BCUT2D eigenvalue weighted by molar-refractivity contribution is 0.0951. The van der Waals surface area contributed by atoms with E-state index in [1.165, 1.54) is 0 Å². The Balaban J connectivity index is 1.64. The Bertz CT molecular complexity index is 555. The molecule has 2 aromatic carbocycles. The standard InChI is InChI=1S/C17H17ClNO2/c18-13-14-7-9-16(10-8-14)21-12-4-11-19-17(20)15-5-2-1-3-6-15/h2-3,5-10H,4,11-13H2,(H,19,20). The molecule has 0 fully saturated rings. The Morgan fingerprint density at radius 1 is 1.14 bits per heavy atom. The molecule has 0 aliphatic carbocycles. The largest absolute Gasteiger partial charge is 0.494 e. The predicted molar refractivity (Wildman–Crippen MR) is 83.7 cm³/mol. The van der Waals surface area contributed by atoms with Crippen molar-refractivity contribution in [2.75, 3.05) is 13.2 Å². The number of halogens is 1. The van der Waals surface area contributed by atoms with Crippen molar-refractivity contribution in [2.45, 2.75) is 12.3 Å². The molecule has 0 aliphatic rings. The molecule has 2 aromatic rings. The van der Waals surface area contributed by atoms with Crippen LogP contribution in [0.3, 0.4) is 0 Å². The van der Waals surface area contributed by atoms with Gasteiger partial charge in [0, 0.05) is 18.0 Å². The molecule has 0 spiro atoms. The fourth-order valence-corrected chi connectivity index (χ4v) is 1.96. The summed E-state index contributed by atoms with van der Waals surface area (Å²) < 4.78 is 5.59. The smallest absolute Gasteiger partial charge is 0.251 e. The average Bonchev–Trinajstić information content (AvgIpc) is 2.55. The lowest BCUT2D eigenvalue weighted by atomic mass is 10.2. The lowest BCUT2D eigenvalue weighted by Gasteiger charge is -2.08. The van der Waals surface area contributed by atoms with Gasteiger partial charge < -0.3 is 10.1 Å². The molecule has 0 aliphatic heterocycles. The Hall–Kier alpha value is -2.00. The van der Waals surface area contributed by atoms with Crippen LogP contribution in [0.4, 0.5) is 0 Å². The number of carbonyl (C=O) groups excluding carboxylic acids is 1. The molecule has 0 heterocycles. The molecule has 0 unspecified atom stereocenters. The van der Waals surface area contributed by atoms with Gasteiger partial charge in [0.05, 0.1) is 6.61 Å². The number of alkyl halides is 1. The summed E-state index contributed by atoms with van der Waals surface area (Å²) in [5.41, 5.74) is 1.71. The van der Waals surface area contributed by atoms with Gasteiger partial charge in [-0.25, -0.2) is 0 Å². The van der Waals surface area contributed by atoms with Crippen LogP contribution in [0.25, 0.3) is 0 Å². The van der Waals surface area contributed by atoms with Gasteiger partial charge in [0.15, 0.2) is 0 Å². The number of amides is 1. The Morgan fingerprint density at radius 2 is 1.86 bits per heavy atom. The number of rotatable bonds is 7. The van der Waals surface area contributed by atoms with Gasteiger partial charge in [0.1, 0.15) is 5.75 Å². The number of carbonyl (C=O) groups is 1. The second kappa shape index (κ2) is 8.32. The van der Waals surface area contributed by atoms with Gasteiger partial charge in [-0.05, 0) is 42.3 Å². The highest BCUT2D eigenvalue weighted by atomic mass is 35.5. The van der Waals surface area contributed by atoms with E-state index in [1.54, 1.807) is 24.3 Å². The van der Waals surface area contributed by atoms with Gasteiger partial charge >= 0.3 is 0 Å². The van der Waals surface area contributed by atoms with Crippen LogP contribution >= 0.6 is 11.6 Å². The van der Waals surface area contributed by atoms with Crippen molar-refractivity contribution < 1.29 is 9.53 Å². The third kappa shape index (κ3) is 5.12. The first-order chi connectivity index (χ1) is 10.3. The number of hydrogen-bond donors (Lipinski definition) is 1. The first-order valence-corrected chi connectivity index (χ1v) is 7.35. The highest BCUT2D eigenvalue weighted by Gasteiger charge is 2.02. The summed E-state index contributed by atoms with van der Waals surface area (Å²) in [6.45, 7) is 1.14. The molecule has 0 aromatic heterocycles. The summed E-state index contributed by atoms with van der Waals surface area (Å²) in [4.78, 5) is 11.8. The van der Waals surface area contributed by atoms with Crippen molar-refractivity contribution in [1.82, 2.24) is 5.32 Å². The number of ether oxygens (including phenoxy) is 1. The summed E-state index contributed by atoms with van der Waals surface area (Å²) in [6, 6.07) is 17.5. The SMILES string of the molecule is O=C(NCCCOc1ccc(CCl)cc1)c1cc[c]cc1. The summed E-state index contributed by atoms with van der Waals surface area (Å²) in [7, 11) is 0. The van der Waals surface area contributed by atoms with Gasteiger partial charge in [-0.1, -0.05) is 24.3 Å². The number of nitrogens with one attached hydrogen (secondary N) is 1. The van der Waals surface area contributed by atoms with Crippen LogP contribution in [0.2, 0.25) is 0 Å². The van der Waals surface area contributed by atoms with Crippen molar-refractivity contribution in [3.8, 4) is 5.75 Å². The van der Waals surface area contributed by atoms with Crippen molar-refractivity contribution in [3.05, 3.63) is 65.7 Å². The van der Waals surface area contributed by atoms with E-state index in [0.717, 1.165) is 17.7 Å². The minimum Gasteiger partial charge on any atom is -0.494 e. The molecule has 0 atom stereocenters. The predicted octanol–water partition coefficient (Wildman–Crippen LogP) is 3.42. The zero-order chi connectivity index (χ0) is 14.9. The van der Waals surface area contributed by atoms with E-state index in [2.05, 4.69) is 11.4 Å². The zero-order valence-electron chi connectivity index (χ0n) is 11.6. The monoisotopic (exact) mass is 302 g/mol. The maximum atomic E-state index is 11.8. The molecule has 3 nitrogen and oxygen atoms in total. The number of hydrogen-bond acceptors (Lipinski definition) is 2. The van der Waals surface area contributed by atoms with Gasteiger partial charge in [-0.2, -0.15) is 0 Å². The van der Waals surface area contributed by atoms with Crippen molar-refractivity contribution in [1.29, 1.82) is 0 Å². The second-order valence-corrected chi connectivity index (χ2v) is 4.79. The van der Waals surface area contributed by atoms with E-state index in [4.69, 9.17) is 16.3 Å². The van der Waals surface area contributed by atoms with Crippen LogP contribution in [0.5, 0.6) is 5.75 Å². The number of benzene rings is 2. The zero-order valence-corrected chi connectivity index (χ0v) is 12.4. The summed E-state index contributed by atoms with van der Waals surface area (Å²) in [5, 5.41) is 2.85. The summed E-state index contributed by atoms with van der Waals surface area (Å²) in [5.74, 6) is 1.24. The van der Waals surface area contributed by atoms with Gasteiger partial charge in [-0.3, -0.25) is 4.79 Å². The van der Waals surface area contributed by atoms with Gasteiger partial charge in [0.25, 0.3) is 5.91 Å². The highest BCUT2D eigenvalue weighted by molar-refractivity contribution is 6.17. The first kappa shape index (κ1) is 15.4. The Labute approximate surface area is 129 Å². The van der Waals surface area contributed by atoms with E-state index in [-0.39, 0.29) is 5.91 Å². The molecule has 1 amide bonds. The molecule has 1 N–H and O–H groups in total. The Morgan fingerprint density at radius 3 is 2.52 bits per heavy atom. The highest BCUT2D eigenvalue weighted by Crippen LogP contribution is 2.13. The van der Waals surface area contributed by atoms with E-state index in [1.807, 2.05) is 24.3 Å². The topological polar surface area (TPSA) is 38.3 Å². The molecule has 0 saturated carbocycles. The second-order valence-electron chi connectivity index (χ2n) is 4.52. The molecule has 2 rings (SSSR count). The van der Waals surface area contributed by atoms with E-state index >= 15 is 0 Å². The normalized spacial score (nSPS) is 10.1. The van der Waals surface area contributed by atoms with E-state index in [9.17, 15) is 4.79 Å². The van der Waals surface area contributed by atoms with Gasteiger partial charge in [0.2, 0.25) is 0 Å². The van der Waals surface area contributed by atoms with Crippen LogP contribution in [-0.4, -0.2) is 19.1 Å². The molecule has 109 valence electrons. The van der Waals surface area contributed by atoms with E-state index in [0.29, 0.717) is 24.6 Å². The average molecular weight is 303 g/mol. The lowest BCUT2D eigenvalue weighted by Crippen LogP contribution is -2.25. The van der Waals surface area contributed by atoms with Crippen molar-refractivity contribution in [3.63, 3.8) is 0 Å². The minimum absolute atomic E-state index is 0.0736. The van der Waals surface area contributed by atoms with Crippen LogP contribution < -0.4 is 10.1 Å². The quantitative estimate of drug-likeness (QED) is 0.628. The maximum absolute atomic E-state index is 11.8. The molecule has 1 radical (unpaired) electrons. The Kier molecular flexibility index (Phi) is 6.10. The van der Waals surface area contributed by atoms with Crippen LogP contribution in [0.1, 0.15) is 22.3 Å². The van der Waals surface area contributed by atoms with Crippen molar-refractivity contribution >= 4 is 17.5 Å². The van der Waals surface area contributed by atoms with Gasteiger partial charge in [-0.15, -0.1) is 11.6 Å². The molecule has 21 heavy (non-hydrogen) atoms. The maximum Gasteiger partial charge on any atom is 0.251 e. The first-order valence-electron chi connectivity index (χ1n) is 6.81. The summed E-state index contributed by atoms with van der Waals surface area (Å²) in [6.07, 6.45) is 0.752. The third-order valence-corrected chi connectivity index (χ3v) is 3.24. The fourth-order valence-electron chi connectivity index (χ4n) is 1.78. The third-order valence-electron chi connectivity index (χ3n) is 2.93. The van der Waals surface area contributed by atoms with Crippen molar-refractivity contribution in [2.24, 2.45) is 0 Å².